The van der Waals surface area contributed by atoms with Gasteiger partial charge < -0.3 is 15.2 Å². The van der Waals surface area contributed by atoms with E-state index in [4.69, 9.17) is 5.41 Å². The van der Waals surface area contributed by atoms with Crippen molar-refractivity contribution in [3.63, 3.8) is 0 Å². The first-order valence-corrected chi connectivity index (χ1v) is 11.3. The largest absolute Gasteiger partial charge is 0.371 e. The highest BCUT2D eigenvalue weighted by Crippen LogP contribution is 2.29. The molecule has 27 heavy (non-hydrogen) atoms. The van der Waals surface area contributed by atoms with Gasteiger partial charge in [-0.25, -0.2) is 0 Å². The molecular weight excluding hydrogens is 350 g/mol. The minimum Gasteiger partial charge on any atom is -0.371 e. The highest BCUT2D eigenvalue weighted by Gasteiger charge is 2.23. The number of thiophene rings is 1. The highest BCUT2D eigenvalue weighted by molar-refractivity contribution is 7.12. The van der Waals surface area contributed by atoms with Crippen LogP contribution < -0.4 is 4.90 Å². The van der Waals surface area contributed by atoms with Crippen LogP contribution in [0.5, 0.6) is 0 Å². The van der Waals surface area contributed by atoms with Crippen LogP contribution in [0.1, 0.15) is 48.1 Å². The summed E-state index contributed by atoms with van der Waals surface area (Å²) in [5.41, 5.74) is 4.95. The third-order valence-corrected chi connectivity index (χ3v) is 7.14. The molecule has 1 fully saturated rings. The molecule has 0 spiro atoms. The number of aryl methyl sites for hydroxylation is 1. The quantitative estimate of drug-likeness (QED) is 0.715. The molecule has 1 N–H and O–H groups in total. The van der Waals surface area contributed by atoms with E-state index in [1.54, 1.807) is 11.3 Å². The van der Waals surface area contributed by atoms with Crippen molar-refractivity contribution in [2.45, 2.75) is 51.0 Å². The summed E-state index contributed by atoms with van der Waals surface area (Å²) in [4.78, 5) is 6.26. The van der Waals surface area contributed by atoms with Crippen molar-refractivity contribution >= 4 is 22.7 Å². The zero-order valence-corrected chi connectivity index (χ0v) is 17.2. The van der Waals surface area contributed by atoms with Gasteiger partial charge in [0.05, 0.1) is 5.71 Å². The molecule has 1 saturated heterocycles. The molecule has 0 bridgehead atoms. The van der Waals surface area contributed by atoms with Crippen LogP contribution in [0.3, 0.4) is 0 Å². The number of nitrogens with one attached hydrogen (secondary N) is 1. The lowest BCUT2D eigenvalue weighted by Gasteiger charge is -2.28. The second-order valence-electron chi connectivity index (χ2n) is 8.11. The van der Waals surface area contributed by atoms with Gasteiger partial charge in [-0.15, -0.1) is 11.3 Å². The smallest absolute Gasteiger partial charge is 0.0529 e. The molecule has 144 valence electrons. The van der Waals surface area contributed by atoms with Crippen LogP contribution in [0.25, 0.3) is 0 Å². The van der Waals surface area contributed by atoms with Gasteiger partial charge in [0, 0.05) is 36.1 Å². The van der Waals surface area contributed by atoms with Gasteiger partial charge in [-0.05, 0) is 80.8 Å². The van der Waals surface area contributed by atoms with Gasteiger partial charge >= 0.3 is 0 Å². The summed E-state index contributed by atoms with van der Waals surface area (Å²) < 4.78 is 0. The first-order valence-electron chi connectivity index (χ1n) is 10.4. The Kier molecular flexibility index (Phi) is 5.94. The molecule has 1 atom stereocenters. The van der Waals surface area contributed by atoms with Crippen molar-refractivity contribution < 1.29 is 0 Å². The van der Waals surface area contributed by atoms with Crippen molar-refractivity contribution in [1.82, 2.24) is 4.90 Å². The molecule has 0 aliphatic carbocycles. The Hall–Kier alpha value is -1.65. The summed E-state index contributed by atoms with van der Waals surface area (Å²) in [6.45, 7) is 3.63. The van der Waals surface area contributed by atoms with Crippen LogP contribution in [0.2, 0.25) is 0 Å². The van der Waals surface area contributed by atoms with Gasteiger partial charge in [-0.1, -0.05) is 18.2 Å². The molecule has 1 unspecified atom stereocenters. The van der Waals surface area contributed by atoms with Crippen LogP contribution >= 0.6 is 11.3 Å². The lowest BCUT2D eigenvalue weighted by Crippen LogP contribution is -2.32. The second kappa shape index (κ2) is 8.57. The Balaban J connectivity index is 1.46. The molecule has 1 aromatic heterocycles. The summed E-state index contributed by atoms with van der Waals surface area (Å²) in [6, 6.07) is 11.8. The zero-order valence-electron chi connectivity index (χ0n) is 16.4. The fourth-order valence-electron chi connectivity index (χ4n) is 4.62. The van der Waals surface area contributed by atoms with E-state index in [1.807, 2.05) is 6.07 Å². The molecule has 3 heterocycles. The predicted molar refractivity (Wildman–Crippen MR) is 117 cm³/mol. The Morgan fingerprint density at radius 1 is 1.19 bits per heavy atom. The number of fused-ring (bicyclic) bond motifs is 1. The molecule has 0 radical (unpaired) electrons. The minimum atomic E-state index is 0.736. The molecule has 2 aliphatic heterocycles. The van der Waals surface area contributed by atoms with Crippen LogP contribution in [-0.2, 0) is 12.8 Å². The normalized spacial score (nSPS) is 20.5. The van der Waals surface area contributed by atoms with E-state index in [-0.39, 0.29) is 0 Å². The maximum absolute atomic E-state index is 8.38. The molecule has 0 amide bonds. The maximum atomic E-state index is 8.38. The van der Waals surface area contributed by atoms with Crippen LogP contribution in [0.15, 0.2) is 35.7 Å². The fourth-order valence-corrected chi connectivity index (χ4v) is 5.29. The van der Waals surface area contributed by atoms with E-state index in [2.05, 4.69) is 46.5 Å². The third-order valence-electron chi connectivity index (χ3n) is 6.21. The Morgan fingerprint density at radius 3 is 2.89 bits per heavy atom. The second-order valence-corrected chi connectivity index (χ2v) is 9.05. The van der Waals surface area contributed by atoms with Crippen LogP contribution in [0, 0.1) is 5.41 Å². The number of hydrogen-bond acceptors (Lipinski definition) is 4. The van der Waals surface area contributed by atoms with Gasteiger partial charge in [0.2, 0.25) is 0 Å². The molecule has 0 saturated carbocycles. The van der Waals surface area contributed by atoms with Crippen molar-refractivity contribution in [2.24, 2.45) is 0 Å². The Bertz CT molecular complexity index is 768. The number of benzene rings is 1. The summed E-state index contributed by atoms with van der Waals surface area (Å²) in [6.07, 6.45) is 8.48. The number of hydrogen-bond donors (Lipinski definition) is 1. The molecule has 1 aromatic carbocycles. The lowest BCUT2D eigenvalue weighted by molar-refractivity contribution is 0.297. The van der Waals surface area contributed by atoms with Crippen molar-refractivity contribution in [2.75, 3.05) is 31.6 Å². The van der Waals surface area contributed by atoms with E-state index < -0.39 is 0 Å². The molecule has 4 heteroatoms. The van der Waals surface area contributed by atoms with E-state index in [1.165, 1.54) is 75.0 Å². The van der Waals surface area contributed by atoms with Gasteiger partial charge in [0.1, 0.15) is 0 Å². The van der Waals surface area contributed by atoms with Crippen molar-refractivity contribution in [3.05, 3.63) is 51.7 Å². The van der Waals surface area contributed by atoms with Gasteiger partial charge in [0.15, 0.2) is 0 Å². The highest BCUT2D eigenvalue weighted by atomic mass is 32.1. The van der Waals surface area contributed by atoms with Crippen molar-refractivity contribution in [3.8, 4) is 0 Å². The Labute approximate surface area is 167 Å². The standard InChI is InChI=1S/C23H31N3S/c1-25-12-4-7-20(25)11-14-26-13-3-2-6-19-16-18(9-10-22(19)26)17-21(24)23-8-5-15-27-23/h5,8-10,15-16,20,24H,2-4,6-7,11-14,17H2,1H3. The van der Waals surface area contributed by atoms with Gasteiger partial charge in [0.25, 0.3) is 0 Å². The maximum Gasteiger partial charge on any atom is 0.0529 e. The lowest BCUT2D eigenvalue weighted by atomic mass is 10.00. The molecular formula is C23H31N3S. The number of anilines is 1. The van der Waals surface area contributed by atoms with E-state index in [0.29, 0.717) is 0 Å². The van der Waals surface area contributed by atoms with Crippen molar-refractivity contribution in [1.29, 1.82) is 5.41 Å². The van der Waals surface area contributed by atoms with Crippen LogP contribution in [0.4, 0.5) is 5.69 Å². The Morgan fingerprint density at radius 2 is 2.11 bits per heavy atom. The number of nitrogens with zero attached hydrogens (tertiary/aromatic N) is 2. The number of likely N-dealkylation sites (tertiary alicyclic amines) is 1. The third kappa shape index (κ3) is 4.44. The van der Waals surface area contributed by atoms with E-state index >= 15 is 0 Å². The average Bonchev–Trinajstić information content (AvgIpc) is 3.30. The topological polar surface area (TPSA) is 30.3 Å². The summed E-state index contributed by atoms with van der Waals surface area (Å²) in [5.74, 6) is 0. The molecule has 2 aliphatic rings. The summed E-state index contributed by atoms with van der Waals surface area (Å²) >= 11 is 1.66. The molecule has 4 rings (SSSR count). The minimum absolute atomic E-state index is 0.736. The molecule has 2 aromatic rings. The average molecular weight is 382 g/mol. The van der Waals surface area contributed by atoms with E-state index in [0.717, 1.165) is 23.1 Å². The zero-order chi connectivity index (χ0) is 18.6. The SMILES string of the molecule is CN1CCCC1CCN1CCCCc2cc(CC(=N)c3cccs3)ccc21. The van der Waals surface area contributed by atoms with Crippen LogP contribution in [-0.4, -0.2) is 43.3 Å². The predicted octanol–water partition coefficient (Wildman–Crippen LogP) is 4.99. The monoisotopic (exact) mass is 381 g/mol. The first-order chi connectivity index (χ1) is 13.2. The van der Waals surface area contributed by atoms with Gasteiger partial charge in [-0.3, -0.25) is 0 Å². The number of rotatable bonds is 6. The first kappa shape index (κ1) is 18.7. The molecule has 3 nitrogen and oxygen atoms in total. The summed E-state index contributed by atoms with van der Waals surface area (Å²) in [5, 5.41) is 10.4. The summed E-state index contributed by atoms with van der Waals surface area (Å²) in [7, 11) is 2.28. The van der Waals surface area contributed by atoms with E-state index in [9.17, 15) is 0 Å². The van der Waals surface area contributed by atoms with Gasteiger partial charge in [-0.2, -0.15) is 0 Å². The fraction of sp³-hybridized carbons (Fsp3) is 0.522.